The van der Waals surface area contributed by atoms with E-state index in [9.17, 15) is 63.0 Å². The molecule has 10 amide bonds. The molecule has 442 valence electrons. The van der Waals surface area contributed by atoms with Crippen LogP contribution < -0.4 is 65.1 Å². The van der Waals surface area contributed by atoms with Crippen LogP contribution in [0.2, 0.25) is 0 Å². The van der Waals surface area contributed by atoms with Crippen LogP contribution >= 0.6 is 36.2 Å². The molecule has 0 aliphatic rings. The van der Waals surface area contributed by atoms with E-state index in [1.807, 2.05) is 6.26 Å². The molecule has 0 heterocycles. The molecule has 25 nitrogen and oxygen atoms in total. The zero-order valence-electron chi connectivity index (χ0n) is 46.4. The van der Waals surface area contributed by atoms with Crippen molar-refractivity contribution in [1.82, 2.24) is 47.9 Å². The van der Waals surface area contributed by atoms with Gasteiger partial charge in [-0.25, -0.2) is 4.79 Å². The number of primary amides is 1. The Hall–Kier alpha value is -4.90. The van der Waals surface area contributed by atoms with Gasteiger partial charge in [0.25, 0.3) is 0 Å². The Morgan fingerprint density at radius 2 is 0.844 bits per heavy atom. The highest BCUT2D eigenvalue weighted by atomic mass is 32.2. The maximum Gasteiger partial charge on any atom is 0.326 e. The van der Waals surface area contributed by atoms with E-state index in [1.165, 1.54) is 23.5 Å². The first-order valence-corrected chi connectivity index (χ1v) is 29.4. The minimum Gasteiger partial charge on any atom is -0.480 e. The SMILES string of the molecule is CSCC[C@H](NC(=O)[C@H](CC(C)C)NC(=O)[C@@H](NC(=O)[C@H](CCSC)NC(=O)[C@@H](N)CCC(N)=O)C(C)C)C(=O)N[C@@H](CO)C(=O)N[C@@H](CS)C(=O)N[C@H](C(=O)N[C@@H](CC(C)C)C(=O)N[C@@H](CCCCN)C(=O)O)C(C)C. The Morgan fingerprint density at radius 1 is 0.481 bits per heavy atom. The minimum atomic E-state index is -1.66. The van der Waals surface area contributed by atoms with Crippen LogP contribution in [0, 0.1) is 23.7 Å². The highest BCUT2D eigenvalue weighted by molar-refractivity contribution is 7.98. The number of thiol groups is 1. The first-order chi connectivity index (χ1) is 36.1. The fourth-order valence-electron chi connectivity index (χ4n) is 7.45. The van der Waals surface area contributed by atoms with Gasteiger partial charge in [-0.2, -0.15) is 36.2 Å². The third-order valence-electron chi connectivity index (χ3n) is 11.9. The van der Waals surface area contributed by atoms with Crippen molar-refractivity contribution in [1.29, 1.82) is 0 Å². The topological polar surface area (TPSA) is 415 Å². The fraction of sp³-hybridized carbons (Fsp3) is 0.776. The van der Waals surface area contributed by atoms with Crippen molar-refractivity contribution in [3.63, 3.8) is 0 Å². The summed E-state index contributed by atoms with van der Waals surface area (Å²) in [6.07, 6.45) is 4.94. The Balaban J connectivity index is 6.29. The summed E-state index contributed by atoms with van der Waals surface area (Å²) in [6, 6.07) is -12.7. The zero-order valence-corrected chi connectivity index (χ0v) is 48.9. The number of nitrogens with two attached hydrogens (primary N) is 3. The number of amides is 10. The summed E-state index contributed by atoms with van der Waals surface area (Å²) < 4.78 is 0. The molecule has 77 heavy (non-hydrogen) atoms. The monoisotopic (exact) mass is 1150 g/mol. The van der Waals surface area contributed by atoms with Crippen LogP contribution in [0.5, 0.6) is 0 Å². The van der Waals surface area contributed by atoms with Gasteiger partial charge in [-0.15, -0.1) is 0 Å². The number of carboxylic acids is 1. The molecule has 0 fully saturated rings. The number of thioether (sulfide) groups is 2. The number of rotatable bonds is 40. The van der Waals surface area contributed by atoms with E-state index in [1.54, 1.807) is 61.6 Å². The molecule has 0 aliphatic heterocycles. The van der Waals surface area contributed by atoms with Crippen molar-refractivity contribution in [3.05, 3.63) is 0 Å². The normalized spacial score (nSPS) is 15.3. The molecule has 0 aromatic rings. The zero-order chi connectivity index (χ0) is 59.1. The summed E-state index contributed by atoms with van der Waals surface area (Å²) in [5, 5.41) is 43.2. The molecule has 0 bridgehead atoms. The molecule has 10 atom stereocenters. The van der Waals surface area contributed by atoms with Gasteiger partial charge in [-0.05, 0) is 106 Å². The number of aliphatic carboxylic acids is 1. The van der Waals surface area contributed by atoms with Gasteiger partial charge in [0.15, 0.2) is 0 Å². The summed E-state index contributed by atoms with van der Waals surface area (Å²) >= 11 is 6.99. The number of carboxylic acid groups (broad SMARTS) is 1. The number of carbonyl (C=O) groups excluding carboxylic acids is 10. The predicted molar refractivity (Wildman–Crippen MR) is 300 cm³/mol. The van der Waals surface area contributed by atoms with E-state index in [4.69, 9.17) is 17.2 Å². The average molecular weight is 1150 g/mol. The molecule has 0 saturated carbocycles. The fourth-order valence-corrected chi connectivity index (χ4v) is 8.65. The molecular formula is C49H90N12O13S3. The molecule has 0 saturated heterocycles. The van der Waals surface area contributed by atoms with Crippen LogP contribution in [0.15, 0.2) is 0 Å². The van der Waals surface area contributed by atoms with Gasteiger partial charge in [0.2, 0.25) is 59.1 Å². The van der Waals surface area contributed by atoms with Crippen LogP contribution in [0.4, 0.5) is 0 Å². The van der Waals surface area contributed by atoms with E-state index < -0.39 is 144 Å². The molecule has 17 N–H and O–H groups in total. The highest BCUT2D eigenvalue weighted by Crippen LogP contribution is 2.13. The van der Waals surface area contributed by atoms with Gasteiger partial charge in [0.05, 0.1) is 12.6 Å². The molecule has 0 radical (unpaired) electrons. The molecule has 28 heteroatoms. The van der Waals surface area contributed by atoms with Crippen LogP contribution in [0.1, 0.15) is 113 Å². The number of aliphatic hydroxyl groups is 1. The second kappa shape index (κ2) is 38.6. The molecule has 0 unspecified atom stereocenters. The van der Waals surface area contributed by atoms with Crippen molar-refractivity contribution in [3.8, 4) is 0 Å². The van der Waals surface area contributed by atoms with E-state index in [-0.39, 0.29) is 62.5 Å². The Bertz CT molecular complexity index is 1940. The molecule has 0 spiro atoms. The lowest BCUT2D eigenvalue weighted by Crippen LogP contribution is -2.62. The van der Waals surface area contributed by atoms with Gasteiger partial charge in [0.1, 0.15) is 54.4 Å². The van der Waals surface area contributed by atoms with E-state index in [2.05, 4.69) is 60.5 Å². The second-order valence-electron chi connectivity index (χ2n) is 20.3. The van der Waals surface area contributed by atoms with E-state index >= 15 is 0 Å². The van der Waals surface area contributed by atoms with Crippen molar-refractivity contribution >= 4 is 101 Å². The standard InChI is InChI=1S/C49H90N12O13S3/c1-25(2)21-33(56-47(71)38(27(5)6)60-42(66)31(17-20-77-10)53-40(64)29(51)14-15-37(52)63)43(67)54-30(16-19-76-9)41(65)58-35(23-62)45(69)59-36(24-75)46(70)61-39(28(7)8)48(72)57-34(22-26(3)4)44(68)55-32(49(73)74)13-11-12-18-50/h25-36,38-39,62,75H,11-24,50-51H2,1-10H3,(H2,52,63)(H,53,64)(H,54,67)(H,55,68)(H,56,71)(H,57,72)(H,58,65)(H,59,69)(H,60,66)(H,61,70)(H,73,74)/t29-,30-,31-,32-,33-,34-,35-,36-,38-,39-/m0/s1. The van der Waals surface area contributed by atoms with Crippen LogP contribution in [-0.2, 0) is 52.7 Å². The predicted octanol–water partition coefficient (Wildman–Crippen LogP) is -2.01. The summed E-state index contributed by atoms with van der Waals surface area (Å²) in [4.78, 5) is 146. The number of aliphatic hydroxyl groups excluding tert-OH is 1. The third kappa shape index (κ3) is 28.5. The summed E-state index contributed by atoms with van der Waals surface area (Å²) in [5.74, 6) is -9.92. The maximum absolute atomic E-state index is 14.1. The second-order valence-corrected chi connectivity index (χ2v) is 22.6. The van der Waals surface area contributed by atoms with Gasteiger partial charge >= 0.3 is 5.97 Å². The van der Waals surface area contributed by atoms with Crippen LogP contribution in [0.3, 0.4) is 0 Å². The van der Waals surface area contributed by atoms with Gasteiger partial charge in [-0.3, -0.25) is 47.9 Å². The number of hydrogen-bond acceptors (Lipinski definition) is 17. The van der Waals surface area contributed by atoms with E-state index in [0.717, 1.165) is 0 Å². The van der Waals surface area contributed by atoms with E-state index in [0.29, 0.717) is 30.9 Å². The number of unbranched alkanes of at least 4 members (excludes halogenated alkanes) is 1. The summed E-state index contributed by atoms with van der Waals surface area (Å²) in [7, 11) is 0. The molecule has 0 aliphatic carbocycles. The largest absolute Gasteiger partial charge is 0.480 e. The van der Waals surface area contributed by atoms with Crippen LogP contribution in [-0.4, -0.2) is 179 Å². The first-order valence-electron chi connectivity index (χ1n) is 26.0. The minimum absolute atomic E-state index is 0.0375. The van der Waals surface area contributed by atoms with Crippen LogP contribution in [0.25, 0.3) is 0 Å². The van der Waals surface area contributed by atoms with Crippen molar-refractivity contribution in [2.45, 2.75) is 174 Å². The smallest absolute Gasteiger partial charge is 0.326 e. The quantitative estimate of drug-likeness (QED) is 0.0233. The maximum atomic E-state index is 14.1. The van der Waals surface area contributed by atoms with Gasteiger partial charge in [0, 0.05) is 12.2 Å². The van der Waals surface area contributed by atoms with Gasteiger partial charge in [-0.1, -0.05) is 55.4 Å². The molecule has 0 rings (SSSR count). The van der Waals surface area contributed by atoms with Crippen molar-refractivity contribution in [2.24, 2.45) is 40.9 Å². The third-order valence-corrected chi connectivity index (χ3v) is 13.5. The lowest BCUT2D eigenvalue weighted by atomic mass is 9.99. The number of nitrogens with one attached hydrogen (secondary N) is 9. The number of hydrogen-bond donors (Lipinski definition) is 15. The Morgan fingerprint density at radius 3 is 1.22 bits per heavy atom. The molecule has 0 aromatic heterocycles. The lowest BCUT2D eigenvalue weighted by Gasteiger charge is -2.29. The summed E-state index contributed by atoms with van der Waals surface area (Å²) in [5.41, 5.74) is 16.7. The number of carbonyl (C=O) groups is 11. The van der Waals surface area contributed by atoms with Crippen molar-refractivity contribution < 1.29 is 63.0 Å². The Labute approximate surface area is 467 Å². The van der Waals surface area contributed by atoms with Crippen molar-refractivity contribution in [2.75, 3.05) is 42.9 Å². The highest BCUT2D eigenvalue weighted by Gasteiger charge is 2.37. The Kier molecular flexibility index (Phi) is 36.2. The summed E-state index contributed by atoms with van der Waals surface area (Å²) in [6.45, 7) is 13.2. The lowest BCUT2D eigenvalue weighted by molar-refractivity contribution is -0.142. The molecular weight excluding hydrogens is 1060 g/mol. The van der Waals surface area contributed by atoms with Gasteiger partial charge < -0.3 is 75.3 Å². The molecule has 0 aromatic carbocycles. The first kappa shape index (κ1) is 72.1. The average Bonchev–Trinajstić information content (AvgIpc) is 3.35.